The van der Waals surface area contributed by atoms with Crippen LogP contribution in [0.4, 0.5) is 4.39 Å². The first-order valence-corrected chi connectivity index (χ1v) is 6.85. The highest BCUT2D eigenvalue weighted by Gasteiger charge is 2.12. The van der Waals surface area contributed by atoms with Crippen LogP contribution in [-0.4, -0.2) is 6.04 Å². The predicted octanol–water partition coefficient (Wildman–Crippen LogP) is 3.95. The van der Waals surface area contributed by atoms with Gasteiger partial charge in [0.2, 0.25) is 0 Å². The Morgan fingerprint density at radius 1 is 1.15 bits per heavy atom. The third-order valence-corrected chi connectivity index (χ3v) is 3.29. The molecule has 0 bridgehead atoms. The number of benzene rings is 2. The van der Waals surface area contributed by atoms with Crippen LogP contribution >= 0.6 is 11.6 Å². The maximum Gasteiger partial charge on any atom is 0.165 e. The molecule has 0 aliphatic rings. The zero-order valence-corrected chi connectivity index (χ0v) is 12.0. The van der Waals surface area contributed by atoms with Crippen LogP contribution in [0.2, 0.25) is 5.02 Å². The molecular formula is C16H17ClFNO. The van der Waals surface area contributed by atoms with E-state index in [4.69, 9.17) is 22.1 Å². The van der Waals surface area contributed by atoms with Crippen molar-refractivity contribution in [2.45, 2.75) is 26.0 Å². The first kappa shape index (κ1) is 14.8. The molecule has 0 aliphatic carbocycles. The van der Waals surface area contributed by atoms with Gasteiger partial charge in [-0.15, -0.1) is 0 Å². The maximum atomic E-state index is 13.9. The molecule has 0 aliphatic heterocycles. The van der Waals surface area contributed by atoms with Gasteiger partial charge in [-0.25, -0.2) is 4.39 Å². The summed E-state index contributed by atoms with van der Waals surface area (Å²) in [5.41, 5.74) is 7.37. The van der Waals surface area contributed by atoms with Crippen LogP contribution in [0.15, 0.2) is 42.5 Å². The average molecular weight is 294 g/mol. The Balaban J connectivity index is 2.18. The van der Waals surface area contributed by atoms with Crippen molar-refractivity contribution in [2.75, 3.05) is 0 Å². The molecule has 0 heterocycles. The molecule has 2 nitrogen and oxygen atoms in total. The zero-order chi connectivity index (χ0) is 14.5. The van der Waals surface area contributed by atoms with Crippen LogP contribution in [0, 0.1) is 5.82 Å². The predicted molar refractivity (Wildman–Crippen MR) is 79.5 cm³/mol. The van der Waals surface area contributed by atoms with Crippen molar-refractivity contribution in [3.05, 3.63) is 64.4 Å². The van der Waals surface area contributed by atoms with Gasteiger partial charge in [-0.2, -0.15) is 0 Å². The fourth-order valence-electron chi connectivity index (χ4n) is 1.99. The average Bonchev–Trinajstić information content (AvgIpc) is 2.39. The first-order valence-electron chi connectivity index (χ1n) is 6.47. The molecule has 2 aromatic carbocycles. The van der Waals surface area contributed by atoms with E-state index < -0.39 is 0 Å². The molecule has 20 heavy (non-hydrogen) atoms. The summed E-state index contributed by atoms with van der Waals surface area (Å²) in [5, 5.41) is 0.609. The van der Waals surface area contributed by atoms with E-state index in [1.807, 2.05) is 31.2 Å². The quantitative estimate of drug-likeness (QED) is 0.906. The largest absolute Gasteiger partial charge is 0.485 e. The first-order chi connectivity index (χ1) is 9.58. The molecule has 0 aromatic heterocycles. The number of ether oxygens (including phenoxy) is 1. The molecule has 0 radical (unpaired) electrons. The summed E-state index contributed by atoms with van der Waals surface area (Å²) >= 11 is 6.06. The molecule has 0 fully saturated rings. The van der Waals surface area contributed by atoms with Crippen LogP contribution in [-0.2, 0) is 13.0 Å². The van der Waals surface area contributed by atoms with Gasteiger partial charge < -0.3 is 10.5 Å². The van der Waals surface area contributed by atoms with Crippen LogP contribution < -0.4 is 10.5 Å². The fraction of sp³-hybridized carbons (Fsp3) is 0.250. The minimum absolute atomic E-state index is 0.0561. The summed E-state index contributed by atoms with van der Waals surface area (Å²) in [4.78, 5) is 0. The van der Waals surface area contributed by atoms with Gasteiger partial charge in [0.25, 0.3) is 0 Å². The Labute approximate surface area is 123 Å². The second-order valence-corrected chi connectivity index (χ2v) is 5.20. The van der Waals surface area contributed by atoms with Crippen molar-refractivity contribution in [2.24, 2.45) is 5.73 Å². The second-order valence-electron chi connectivity index (χ2n) is 4.79. The molecular weight excluding hydrogens is 277 g/mol. The van der Waals surface area contributed by atoms with Gasteiger partial charge in [-0.05, 0) is 31.0 Å². The normalized spacial score (nSPS) is 12.2. The van der Waals surface area contributed by atoms with Crippen LogP contribution in [0.5, 0.6) is 5.75 Å². The third kappa shape index (κ3) is 3.71. The molecule has 1 atom stereocenters. The fourth-order valence-corrected chi connectivity index (χ4v) is 2.18. The highest BCUT2D eigenvalue weighted by molar-refractivity contribution is 6.31. The summed E-state index contributed by atoms with van der Waals surface area (Å²) < 4.78 is 19.5. The lowest BCUT2D eigenvalue weighted by Gasteiger charge is -2.14. The lowest BCUT2D eigenvalue weighted by Crippen LogP contribution is -2.18. The Morgan fingerprint density at radius 2 is 1.85 bits per heavy atom. The number of para-hydroxylation sites is 1. The van der Waals surface area contributed by atoms with Gasteiger partial charge in [0.1, 0.15) is 6.61 Å². The number of hydrogen-bond acceptors (Lipinski definition) is 2. The molecule has 2 rings (SSSR count). The highest BCUT2D eigenvalue weighted by atomic mass is 35.5. The van der Waals surface area contributed by atoms with Crippen molar-refractivity contribution in [3.63, 3.8) is 0 Å². The summed E-state index contributed by atoms with van der Waals surface area (Å²) in [6.07, 6.45) is 0.565. The second kappa shape index (κ2) is 6.73. The van der Waals surface area contributed by atoms with Gasteiger partial charge in [0, 0.05) is 16.6 Å². The molecule has 106 valence electrons. The number of hydrogen-bond donors (Lipinski definition) is 1. The van der Waals surface area contributed by atoms with E-state index in [-0.39, 0.29) is 24.2 Å². The van der Waals surface area contributed by atoms with E-state index in [0.29, 0.717) is 11.4 Å². The molecule has 2 N–H and O–H groups in total. The van der Waals surface area contributed by atoms with Gasteiger partial charge in [0.15, 0.2) is 11.6 Å². The number of halogens is 2. The van der Waals surface area contributed by atoms with Gasteiger partial charge in [-0.1, -0.05) is 41.9 Å². The van der Waals surface area contributed by atoms with E-state index in [2.05, 4.69) is 0 Å². The lowest BCUT2D eigenvalue weighted by atomic mass is 10.1. The van der Waals surface area contributed by atoms with E-state index in [1.54, 1.807) is 12.1 Å². The van der Waals surface area contributed by atoms with Crippen molar-refractivity contribution < 1.29 is 9.13 Å². The summed E-state index contributed by atoms with van der Waals surface area (Å²) in [5.74, 6) is -0.125. The SMILES string of the molecule is CC(N)Cc1cccc(F)c1OCc1ccccc1Cl. The molecule has 2 aromatic rings. The van der Waals surface area contributed by atoms with Crippen molar-refractivity contribution in [3.8, 4) is 5.75 Å². The van der Waals surface area contributed by atoms with E-state index in [1.165, 1.54) is 6.07 Å². The summed E-state index contributed by atoms with van der Waals surface area (Å²) in [6, 6.07) is 12.2. The van der Waals surface area contributed by atoms with Gasteiger partial charge in [0.05, 0.1) is 0 Å². The standard InChI is InChI=1S/C16H17ClFNO/c1-11(19)9-12-6-4-8-15(18)16(12)20-10-13-5-2-3-7-14(13)17/h2-8,11H,9-10,19H2,1H3. The Kier molecular flexibility index (Phi) is 4.99. The smallest absolute Gasteiger partial charge is 0.165 e. The van der Waals surface area contributed by atoms with Crippen molar-refractivity contribution in [1.29, 1.82) is 0 Å². The lowest BCUT2D eigenvalue weighted by molar-refractivity contribution is 0.286. The maximum absolute atomic E-state index is 13.9. The molecule has 1 unspecified atom stereocenters. The molecule has 0 spiro atoms. The summed E-state index contributed by atoms with van der Waals surface area (Å²) in [7, 11) is 0. The highest BCUT2D eigenvalue weighted by Crippen LogP contribution is 2.26. The van der Waals surface area contributed by atoms with Crippen LogP contribution in [0.1, 0.15) is 18.1 Å². The third-order valence-electron chi connectivity index (χ3n) is 2.92. The summed E-state index contributed by atoms with van der Waals surface area (Å²) in [6.45, 7) is 2.11. The van der Waals surface area contributed by atoms with Crippen LogP contribution in [0.3, 0.4) is 0 Å². The molecule has 0 amide bonds. The van der Waals surface area contributed by atoms with Crippen molar-refractivity contribution >= 4 is 11.6 Å². The Bertz CT molecular complexity index is 586. The van der Waals surface area contributed by atoms with E-state index >= 15 is 0 Å². The van der Waals surface area contributed by atoms with Gasteiger partial charge in [-0.3, -0.25) is 0 Å². The molecule has 4 heteroatoms. The Morgan fingerprint density at radius 3 is 2.55 bits per heavy atom. The zero-order valence-electron chi connectivity index (χ0n) is 11.3. The molecule has 0 saturated heterocycles. The number of nitrogens with two attached hydrogens (primary N) is 1. The Hall–Kier alpha value is -1.58. The monoisotopic (exact) mass is 293 g/mol. The van der Waals surface area contributed by atoms with Crippen LogP contribution in [0.25, 0.3) is 0 Å². The minimum atomic E-state index is -0.379. The minimum Gasteiger partial charge on any atom is -0.485 e. The van der Waals surface area contributed by atoms with E-state index in [9.17, 15) is 4.39 Å². The van der Waals surface area contributed by atoms with E-state index in [0.717, 1.165) is 11.1 Å². The molecule has 0 saturated carbocycles. The number of rotatable bonds is 5. The topological polar surface area (TPSA) is 35.2 Å². The van der Waals surface area contributed by atoms with Gasteiger partial charge >= 0.3 is 0 Å². The van der Waals surface area contributed by atoms with Crippen molar-refractivity contribution in [1.82, 2.24) is 0 Å².